The van der Waals surface area contributed by atoms with E-state index in [0.29, 0.717) is 5.56 Å². The van der Waals surface area contributed by atoms with E-state index in [9.17, 15) is 18.0 Å². The molecule has 19 heavy (non-hydrogen) atoms. The summed E-state index contributed by atoms with van der Waals surface area (Å²) in [5, 5.41) is 10.8. The fourth-order valence-corrected chi connectivity index (χ4v) is 1.33. The smallest absolute Gasteiger partial charge is 0.265 e. The molecule has 0 aromatic heterocycles. The Labute approximate surface area is 112 Å². The molecule has 0 aliphatic carbocycles. The number of nitrogens with one attached hydrogen (secondary N) is 1. The summed E-state index contributed by atoms with van der Waals surface area (Å²) in [6.07, 6.45) is -2.41. The molecule has 1 amide bonds. The summed E-state index contributed by atoms with van der Waals surface area (Å²) < 4.78 is 36.7. The second kappa shape index (κ2) is 7.16. The lowest BCUT2D eigenvalue weighted by Gasteiger charge is -2.08. The van der Waals surface area contributed by atoms with Crippen LogP contribution < -0.4 is 5.32 Å². The first-order chi connectivity index (χ1) is 8.90. The molecule has 1 aromatic carbocycles. The van der Waals surface area contributed by atoms with Crippen LogP contribution in [0.2, 0.25) is 5.02 Å². The second-order valence-electron chi connectivity index (χ2n) is 3.65. The highest BCUT2D eigenvalue weighted by Crippen LogP contribution is 2.16. The zero-order chi connectivity index (χ0) is 14.4. The molecule has 0 bridgehead atoms. The summed E-state index contributed by atoms with van der Waals surface area (Å²) in [6.45, 7) is -0.551. The van der Waals surface area contributed by atoms with Crippen LogP contribution in [-0.2, 0) is 4.79 Å². The van der Waals surface area contributed by atoms with Crippen LogP contribution in [-0.4, -0.2) is 30.1 Å². The molecule has 0 saturated heterocycles. The van der Waals surface area contributed by atoms with Crippen LogP contribution in [0.15, 0.2) is 24.3 Å². The van der Waals surface area contributed by atoms with Crippen molar-refractivity contribution in [2.75, 3.05) is 6.54 Å². The molecule has 2 N–H and O–H groups in total. The topological polar surface area (TPSA) is 49.3 Å². The average Bonchev–Trinajstić information content (AvgIpc) is 2.37. The summed E-state index contributed by atoms with van der Waals surface area (Å²) in [6, 6.07) is 3.86. The maximum absolute atomic E-state index is 12.8. The first-order valence-corrected chi connectivity index (χ1v) is 5.65. The molecule has 0 aliphatic heterocycles. The van der Waals surface area contributed by atoms with Crippen LogP contribution in [0.5, 0.6) is 0 Å². The van der Waals surface area contributed by atoms with E-state index in [-0.39, 0.29) is 5.02 Å². The van der Waals surface area contributed by atoms with Gasteiger partial charge in [-0.05, 0) is 23.8 Å². The minimum absolute atomic E-state index is 0.0873. The van der Waals surface area contributed by atoms with Crippen molar-refractivity contribution in [1.82, 2.24) is 5.32 Å². The zero-order valence-electron chi connectivity index (χ0n) is 9.62. The summed E-state index contributed by atoms with van der Waals surface area (Å²) in [5.41, 5.74) is 0.482. The minimum atomic E-state index is -2.92. The normalized spacial score (nSPS) is 12.9. The molecule has 1 atom stereocenters. The predicted molar refractivity (Wildman–Crippen MR) is 65.5 cm³/mol. The van der Waals surface area contributed by atoms with Crippen LogP contribution >= 0.6 is 11.6 Å². The van der Waals surface area contributed by atoms with Gasteiger partial charge in [0, 0.05) is 12.6 Å². The third-order valence-electron chi connectivity index (χ3n) is 2.15. The van der Waals surface area contributed by atoms with Gasteiger partial charge in [0.2, 0.25) is 5.91 Å². The summed E-state index contributed by atoms with van der Waals surface area (Å²) in [4.78, 5) is 11.2. The Morgan fingerprint density at radius 1 is 1.47 bits per heavy atom. The van der Waals surface area contributed by atoms with Crippen LogP contribution in [0.1, 0.15) is 5.56 Å². The molecular weight excluding hydrogens is 283 g/mol. The molecule has 0 radical (unpaired) electrons. The van der Waals surface area contributed by atoms with Gasteiger partial charge >= 0.3 is 0 Å². The number of carbonyl (C=O) groups is 1. The van der Waals surface area contributed by atoms with Crippen molar-refractivity contribution in [2.45, 2.75) is 12.5 Å². The number of amides is 1. The molecule has 3 nitrogen and oxygen atoms in total. The van der Waals surface area contributed by atoms with Crippen molar-refractivity contribution >= 4 is 23.6 Å². The Bertz CT molecular complexity index is 480. The lowest BCUT2D eigenvalue weighted by Crippen LogP contribution is -2.34. The Balaban J connectivity index is 2.52. The minimum Gasteiger partial charge on any atom is -0.385 e. The number of rotatable bonds is 5. The number of halogens is 4. The van der Waals surface area contributed by atoms with Crippen molar-refractivity contribution in [2.24, 2.45) is 0 Å². The number of carbonyl (C=O) groups excluding carboxylic acids is 1. The third kappa shape index (κ3) is 5.32. The monoisotopic (exact) mass is 293 g/mol. The molecule has 1 unspecified atom stereocenters. The second-order valence-corrected chi connectivity index (χ2v) is 4.06. The van der Waals surface area contributed by atoms with Gasteiger partial charge in [0.15, 0.2) is 0 Å². The van der Waals surface area contributed by atoms with Crippen molar-refractivity contribution < 1.29 is 23.1 Å². The van der Waals surface area contributed by atoms with Gasteiger partial charge in [-0.15, -0.1) is 0 Å². The highest BCUT2D eigenvalue weighted by Gasteiger charge is 2.16. The highest BCUT2D eigenvalue weighted by atomic mass is 35.5. The summed E-state index contributed by atoms with van der Waals surface area (Å²) in [7, 11) is 0. The lowest BCUT2D eigenvalue weighted by atomic mass is 10.2. The third-order valence-corrected chi connectivity index (χ3v) is 2.44. The van der Waals surface area contributed by atoms with E-state index in [1.807, 2.05) is 0 Å². The Hall–Kier alpha value is -1.53. The lowest BCUT2D eigenvalue weighted by molar-refractivity contribution is -0.117. The Morgan fingerprint density at radius 2 is 2.16 bits per heavy atom. The number of aliphatic hydroxyl groups is 1. The van der Waals surface area contributed by atoms with Gasteiger partial charge in [0.25, 0.3) is 6.43 Å². The van der Waals surface area contributed by atoms with Gasteiger partial charge in [-0.3, -0.25) is 4.79 Å². The molecule has 0 saturated carbocycles. The first-order valence-electron chi connectivity index (χ1n) is 5.27. The van der Waals surface area contributed by atoms with Gasteiger partial charge < -0.3 is 10.4 Å². The number of alkyl halides is 2. The fraction of sp³-hybridized carbons (Fsp3) is 0.250. The van der Waals surface area contributed by atoms with E-state index in [0.717, 1.165) is 12.1 Å². The molecule has 0 heterocycles. The van der Waals surface area contributed by atoms with Crippen molar-refractivity contribution in [3.8, 4) is 0 Å². The molecule has 0 fully saturated rings. The van der Waals surface area contributed by atoms with Crippen molar-refractivity contribution in [1.29, 1.82) is 0 Å². The van der Waals surface area contributed by atoms with Crippen LogP contribution in [0.4, 0.5) is 13.2 Å². The molecule has 0 spiro atoms. The molecule has 1 aromatic rings. The van der Waals surface area contributed by atoms with Crippen LogP contribution in [0.3, 0.4) is 0 Å². The van der Waals surface area contributed by atoms with Gasteiger partial charge in [0.05, 0.1) is 5.02 Å². The molecule has 1 rings (SSSR count). The maximum Gasteiger partial charge on any atom is 0.265 e. The van der Waals surface area contributed by atoms with Crippen LogP contribution in [0.25, 0.3) is 6.08 Å². The van der Waals surface area contributed by atoms with E-state index in [2.05, 4.69) is 5.32 Å². The molecule has 0 aliphatic rings. The average molecular weight is 294 g/mol. The fourth-order valence-electron chi connectivity index (χ4n) is 1.14. The van der Waals surface area contributed by atoms with Gasteiger partial charge in [-0.25, -0.2) is 13.2 Å². The highest BCUT2D eigenvalue weighted by molar-refractivity contribution is 6.30. The van der Waals surface area contributed by atoms with Gasteiger partial charge in [-0.2, -0.15) is 0 Å². The van der Waals surface area contributed by atoms with Gasteiger partial charge in [-0.1, -0.05) is 17.7 Å². The molecular formula is C12H11ClF3NO2. The maximum atomic E-state index is 12.8. The van der Waals surface area contributed by atoms with Crippen molar-refractivity contribution in [3.05, 3.63) is 40.7 Å². The SMILES string of the molecule is O=C(/C=C/c1ccc(F)c(Cl)c1)NCC(O)C(F)F. The summed E-state index contributed by atoms with van der Waals surface area (Å²) in [5.74, 6) is -1.23. The number of hydrogen-bond acceptors (Lipinski definition) is 2. The number of benzene rings is 1. The predicted octanol–water partition coefficient (Wildman–Crippen LogP) is 2.23. The largest absolute Gasteiger partial charge is 0.385 e. The van der Waals surface area contributed by atoms with E-state index in [4.69, 9.17) is 16.7 Å². The van der Waals surface area contributed by atoms with E-state index >= 15 is 0 Å². The quantitative estimate of drug-likeness (QED) is 0.818. The Kier molecular flexibility index (Phi) is 5.85. The number of hydrogen-bond donors (Lipinski definition) is 2. The van der Waals surface area contributed by atoms with E-state index in [1.54, 1.807) is 0 Å². The van der Waals surface area contributed by atoms with E-state index < -0.39 is 30.8 Å². The standard InChI is InChI=1S/C12H11ClF3NO2/c13-8-5-7(1-3-9(8)14)2-4-11(19)17-6-10(18)12(15)16/h1-5,10,12,18H,6H2,(H,17,19)/b4-2+. The summed E-state index contributed by atoms with van der Waals surface area (Å²) >= 11 is 5.54. The molecule has 104 valence electrons. The van der Waals surface area contributed by atoms with Crippen LogP contribution in [0, 0.1) is 5.82 Å². The van der Waals surface area contributed by atoms with E-state index in [1.165, 1.54) is 18.2 Å². The van der Waals surface area contributed by atoms with Gasteiger partial charge in [0.1, 0.15) is 11.9 Å². The molecule has 7 heteroatoms. The number of aliphatic hydroxyl groups excluding tert-OH is 1. The Morgan fingerprint density at radius 3 is 2.74 bits per heavy atom. The van der Waals surface area contributed by atoms with Crippen molar-refractivity contribution in [3.63, 3.8) is 0 Å². The zero-order valence-corrected chi connectivity index (χ0v) is 10.4. The first kappa shape index (κ1) is 15.5.